The van der Waals surface area contributed by atoms with E-state index in [0.29, 0.717) is 26.1 Å². The summed E-state index contributed by atoms with van der Waals surface area (Å²) in [6.07, 6.45) is 3.35. The lowest BCUT2D eigenvalue weighted by molar-refractivity contribution is -0.122. The van der Waals surface area contributed by atoms with E-state index in [9.17, 15) is 4.79 Å². The zero-order chi connectivity index (χ0) is 13.5. The Bertz CT molecular complexity index is 413. The van der Waals surface area contributed by atoms with Gasteiger partial charge in [0.05, 0.1) is 12.7 Å². The van der Waals surface area contributed by atoms with Gasteiger partial charge in [0.25, 0.3) is 0 Å². The molecule has 0 N–H and O–H groups in total. The van der Waals surface area contributed by atoms with Crippen molar-refractivity contribution in [1.82, 2.24) is 0 Å². The Labute approximate surface area is 114 Å². The molecule has 1 aliphatic heterocycles. The predicted molar refractivity (Wildman–Crippen MR) is 73.8 cm³/mol. The van der Waals surface area contributed by atoms with Crippen molar-refractivity contribution in [2.24, 2.45) is 0 Å². The monoisotopic (exact) mass is 260 g/mol. The van der Waals surface area contributed by atoms with Gasteiger partial charge in [0.2, 0.25) is 0 Å². The Hall–Kier alpha value is -1.45. The Morgan fingerprint density at radius 3 is 2.89 bits per heavy atom. The van der Waals surface area contributed by atoms with Crippen molar-refractivity contribution in [3.63, 3.8) is 0 Å². The first-order chi connectivity index (χ1) is 9.29. The molecule has 2 atom stereocenters. The van der Waals surface area contributed by atoms with Crippen LogP contribution in [0.25, 0.3) is 0 Å². The van der Waals surface area contributed by atoms with Crippen molar-refractivity contribution in [3.8, 4) is 0 Å². The van der Waals surface area contributed by atoms with E-state index in [-0.39, 0.29) is 18.0 Å². The molecule has 1 aromatic rings. The molecule has 2 rings (SSSR count). The SMILES string of the molecule is C=CCC1OC(CCOCc2ccccc2)CC1=O. The van der Waals surface area contributed by atoms with Crippen molar-refractivity contribution in [2.45, 2.75) is 38.1 Å². The maximum Gasteiger partial charge on any atom is 0.164 e. The number of hydrogen-bond donors (Lipinski definition) is 0. The third kappa shape index (κ3) is 4.30. The van der Waals surface area contributed by atoms with Gasteiger partial charge in [-0.2, -0.15) is 0 Å². The number of carbonyl (C=O) groups is 1. The lowest BCUT2D eigenvalue weighted by Gasteiger charge is -2.11. The minimum atomic E-state index is -0.281. The van der Waals surface area contributed by atoms with E-state index >= 15 is 0 Å². The molecule has 0 aliphatic carbocycles. The van der Waals surface area contributed by atoms with Crippen LogP contribution in [0.3, 0.4) is 0 Å². The summed E-state index contributed by atoms with van der Waals surface area (Å²) in [6.45, 7) is 4.86. The van der Waals surface area contributed by atoms with Crippen LogP contribution in [0.15, 0.2) is 43.0 Å². The van der Waals surface area contributed by atoms with Gasteiger partial charge in [-0.1, -0.05) is 36.4 Å². The van der Waals surface area contributed by atoms with Crippen molar-refractivity contribution in [3.05, 3.63) is 48.6 Å². The minimum absolute atomic E-state index is 0.00761. The molecule has 102 valence electrons. The average molecular weight is 260 g/mol. The Balaban J connectivity index is 1.64. The first-order valence-electron chi connectivity index (χ1n) is 6.70. The Kier molecular flexibility index (Phi) is 5.31. The molecule has 1 fully saturated rings. The molecule has 1 heterocycles. The first-order valence-corrected chi connectivity index (χ1v) is 6.70. The maximum atomic E-state index is 11.6. The highest BCUT2D eigenvalue weighted by Gasteiger charge is 2.31. The second-order valence-corrected chi connectivity index (χ2v) is 4.77. The van der Waals surface area contributed by atoms with Crippen molar-refractivity contribution < 1.29 is 14.3 Å². The van der Waals surface area contributed by atoms with Gasteiger partial charge in [0.1, 0.15) is 6.10 Å². The molecule has 0 aromatic heterocycles. The zero-order valence-electron chi connectivity index (χ0n) is 11.1. The molecule has 0 amide bonds. The smallest absolute Gasteiger partial charge is 0.164 e. The van der Waals surface area contributed by atoms with Crippen LogP contribution in [0.2, 0.25) is 0 Å². The van der Waals surface area contributed by atoms with E-state index < -0.39 is 0 Å². The molecule has 19 heavy (non-hydrogen) atoms. The van der Waals surface area contributed by atoms with Crippen LogP contribution in [-0.4, -0.2) is 24.6 Å². The molecule has 0 spiro atoms. The molecule has 2 unspecified atom stereocenters. The van der Waals surface area contributed by atoms with Gasteiger partial charge >= 0.3 is 0 Å². The van der Waals surface area contributed by atoms with E-state index in [2.05, 4.69) is 6.58 Å². The Morgan fingerprint density at radius 2 is 2.16 bits per heavy atom. The topological polar surface area (TPSA) is 35.5 Å². The van der Waals surface area contributed by atoms with E-state index in [4.69, 9.17) is 9.47 Å². The van der Waals surface area contributed by atoms with E-state index in [1.807, 2.05) is 30.3 Å². The van der Waals surface area contributed by atoms with Gasteiger partial charge in [-0.25, -0.2) is 0 Å². The number of benzene rings is 1. The van der Waals surface area contributed by atoms with Crippen LogP contribution in [0.4, 0.5) is 0 Å². The van der Waals surface area contributed by atoms with Crippen LogP contribution in [-0.2, 0) is 20.9 Å². The van der Waals surface area contributed by atoms with Crippen molar-refractivity contribution in [1.29, 1.82) is 0 Å². The molecule has 0 bridgehead atoms. The normalized spacial score (nSPS) is 22.6. The van der Waals surface area contributed by atoms with Gasteiger partial charge in [-0.05, 0) is 18.4 Å². The van der Waals surface area contributed by atoms with Crippen LogP contribution in [0.5, 0.6) is 0 Å². The van der Waals surface area contributed by atoms with Crippen LogP contribution < -0.4 is 0 Å². The quantitative estimate of drug-likeness (QED) is 0.558. The summed E-state index contributed by atoms with van der Waals surface area (Å²) in [5.74, 6) is 0.188. The largest absolute Gasteiger partial charge is 0.377 e. The molecule has 1 saturated heterocycles. The zero-order valence-corrected chi connectivity index (χ0v) is 11.1. The minimum Gasteiger partial charge on any atom is -0.377 e. The first kappa shape index (κ1) is 14.0. The number of hydrogen-bond acceptors (Lipinski definition) is 3. The molecule has 1 aliphatic rings. The summed E-state index contributed by atoms with van der Waals surface area (Å²) in [5.41, 5.74) is 1.16. The molecule has 0 saturated carbocycles. The molecule has 1 aromatic carbocycles. The van der Waals surface area contributed by atoms with E-state index in [0.717, 1.165) is 12.0 Å². The number of rotatable bonds is 7. The number of ketones is 1. The highest BCUT2D eigenvalue weighted by atomic mass is 16.5. The van der Waals surface area contributed by atoms with Gasteiger partial charge in [0, 0.05) is 13.0 Å². The summed E-state index contributed by atoms with van der Waals surface area (Å²) in [6, 6.07) is 10.1. The number of Topliss-reactive ketones (excluding diaryl/α,β-unsaturated/α-hetero) is 1. The van der Waals surface area contributed by atoms with Gasteiger partial charge in [-0.3, -0.25) is 4.79 Å². The average Bonchev–Trinajstić information content (AvgIpc) is 2.77. The highest BCUT2D eigenvalue weighted by molar-refractivity contribution is 5.85. The predicted octanol–water partition coefficient (Wildman–Crippen LogP) is 2.90. The van der Waals surface area contributed by atoms with E-state index in [1.165, 1.54) is 0 Å². The van der Waals surface area contributed by atoms with E-state index in [1.54, 1.807) is 6.08 Å². The maximum absolute atomic E-state index is 11.6. The summed E-state index contributed by atoms with van der Waals surface area (Å²) in [4.78, 5) is 11.6. The molecular weight excluding hydrogens is 240 g/mol. The van der Waals surface area contributed by atoms with Crippen molar-refractivity contribution >= 4 is 5.78 Å². The van der Waals surface area contributed by atoms with Crippen LogP contribution in [0, 0.1) is 0 Å². The molecular formula is C16H20O3. The second-order valence-electron chi connectivity index (χ2n) is 4.77. The third-order valence-electron chi connectivity index (χ3n) is 3.22. The highest BCUT2D eigenvalue weighted by Crippen LogP contribution is 2.21. The number of ether oxygens (including phenoxy) is 2. The summed E-state index contributed by atoms with van der Waals surface area (Å²) in [5, 5.41) is 0. The van der Waals surface area contributed by atoms with Gasteiger partial charge in [0.15, 0.2) is 5.78 Å². The molecule has 0 radical (unpaired) electrons. The summed E-state index contributed by atoms with van der Waals surface area (Å²) < 4.78 is 11.3. The fraction of sp³-hybridized carbons (Fsp3) is 0.438. The fourth-order valence-electron chi connectivity index (χ4n) is 2.20. The lowest BCUT2D eigenvalue weighted by atomic mass is 10.1. The summed E-state index contributed by atoms with van der Waals surface area (Å²) in [7, 11) is 0. The van der Waals surface area contributed by atoms with Crippen molar-refractivity contribution in [2.75, 3.05) is 6.61 Å². The molecule has 3 heteroatoms. The lowest BCUT2D eigenvalue weighted by Crippen LogP contribution is -2.15. The number of carbonyl (C=O) groups excluding carboxylic acids is 1. The third-order valence-corrected chi connectivity index (χ3v) is 3.22. The standard InChI is InChI=1S/C16H20O3/c1-2-6-16-15(17)11-14(19-16)9-10-18-12-13-7-4-3-5-8-13/h2-5,7-8,14,16H,1,6,9-12H2. The second kappa shape index (κ2) is 7.22. The fourth-order valence-corrected chi connectivity index (χ4v) is 2.20. The summed E-state index contributed by atoms with van der Waals surface area (Å²) >= 11 is 0. The van der Waals surface area contributed by atoms with Gasteiger partial charge < -0.3 is 9.47 Å². The van der Waals surface area contributed by atoms with Crippen LogP contribution in [0.1, 0.15) is 24.8 Å². The Morgan fingerprint density at radius 1 is 1.37 bits per heavy atom. The van der Waals surface area contributed by atoms with Gasteiger partial charge in [-0.15, -0.1) is 6.58 Å². The van der Waals surface area contributed by atoms with Crippen LogP contribution >= 0.6 is 0 Å². The molecule has 3 nitrogen and oxygen atoms in total.